The van der Waals surface area contributed by atoms with Crippen molar-refractivity contribution in [2.75, 3.05) is 9.80 Å². The van der Waals surface area contributed by atoms with Gasteiger partial charge in [-0.25, -0.2) is 0 Å². The molecule has 3 heteroatoms. The molecular weight excluding hydrogens is 856 g/mol. The first-order chi connectivity index (χ1) is 32.7. The Morgan fingerprint density at radius 3 is 1.41 bits per heavy atom. The number of rotatable bonds is 3. The van der Waals surface area contributed by atoms with Crippen LogP contribution in [-0.2, 0) is 43.3 Å². The van der Waals surface area contributed by atoms with Gasteiger partial charge in [-0.1, -0.05) is 193 Å². The van der Waals surface area contributed by atoms with Gasteiger partial charge in [0.1, 0.15) is 0 Å². The molecule has 6 aromatic carbocycles. The van der Waals surface area contributed by atoms with Crippen molar-refractivity contribution >= 4 is 57.2 Å². The molecule has 0 radical (unpaired) electrons. The summed E-state index contributed by atoms with van der Waals surface area (Å²) in [5.74, 6) is 0. The molecule has 6 aromatic rings. The van der Waals surface area contributed by atoms with Crippen LogP contribution in [-0.4, -0.2) is 6.71 Å². The van der Waals surface area contributed by atoms with Crippen LogP contribution >= 0.6 is 0 Å². The van der Waals surface area contributed by atoms with E-state index in [4.69, 9.17) is 0 Å². The molecule has 0 fully saturated rings. The Labute approximate surface area is 431 Å². The van der Waals surface area contributed by atoms with Crippen molar-refractivity contribution in [1.82, 2.24) is 0 Å². The van der Waals surface area contributed by atoms with Crippen LogP contribution in [0.25, 0.3) is 11.1 Å². The molecule has 2 nitrogen and oxygen atoms in total. The molecule has 0 atom stereocenters. The Morgan fingerprint density at radius 2 is 0.831 bits per heavy atom. The number of hydrogen-bond donors (Lipinski definition) is 0. The maximum atomic E-state index is 2.76. The molecule has 370 valence electrons. The highest BCUT2D eigenvalue weighted by Crippen LogP contribution is 2.54. The van der Waals surface area contributed by atoms with Gasteiger partial charge in [-0.2, -0.15) is 0 Å². The lowest BCUT2D eigenvalue weighted by atomic mass is 9.33. The summed E-state index contributed by atoms with van der Waals surface area (Å²) in [4.78, 5) is 5.42. The SMILES string of the molecule is CC(C)(C)c1cccc(N2c3cc(C(C)(C)C)ccc3B3c4cc5c(cc4N(c4ccc(C(C)(C)C)cc4-c4ccc6c(c4)C(C)(C)CCC6(C)C)c4cc(C(C)(C)C)cc2c43)C(C)(C)CCC5(C)C)c1. The second-order valence-corrected chi connectivity index (χ2v) is 29.3. The van der Waals surface area contributed by atoms with Crippen LogP contribution < -0.4 is 26.2 Å². The highest BCUT2D eigenvalue weighted by atomic mass is 15.2. The van der Waals surface area contributed by atoms with E-state index in [1.807, 2.05) is 0 Å². The minimum absolute atomic E-state index is 0.0101. The van der Waals surface area contributed by atoms with E-state index in [1.54, 1.807) is 0 Å². The minimum atomic E-state index is -0.128. The molecule has 2 aliphatic carbocycles. The van der Waals surface area contributed by atoms with E-state index in [9.17, 15) is 0 Å². The molecule has 2 aliphatic heterocycles. The summed E-state index contributed by atoms with van der Waals surface area (Å²) in [5.41, 5.74) is 26.0. The first-order valence-corrected chi connectivity index (χ1v) is 27.2. The van der Waals surface area contributed by atoms with Crippen molar-refractivity contribution in [3.63, 3.8) is 0 Å². The van der Waals surface area contributed by atoms with Gasteiger partial charge in [0.15, 0.2) is 0 Å². The molecule has 2 heterocycles. The van der Waals surface area contributed by atoms with Crippen LogP contribution in [0.1, 0.15) is 209 Å². The molecule has 10 rings (SSSR count). The highest BCUT2D eigenvalue weighted by Gasteiger charge is 2.48. The summed E-state index contributed by atoms with van der Waals surface area (Å²) >= 11 is 0. The Bertz CT molecular complexity index is 3140. The lowest BCUT2D eigenvalue weighted by Crippen LogP contribution is -2.62. The van der Waals surface area contributed by atoms with Crippen LogP contribution in [0.5, 0.6) is 0 Å². The first-order valence-electron chi connectivity index (χ1n) is 27.2. The van der Waals surface area contributed by atoms with Gasteiger partial charge in [0.05, 0.1) is 5.69 Å². The number of fused-ring (bicyclic) bond motifs is 6. The van der Waals surface area contributed by atoms with Crippen LogP contribution in [0, 0.1) is 0 Å². The quantitative estimate of drug-likeness (QED) is 0.163. The molecule has 0 spiro atoms. The number of hydrogen-bond acceptors (Lipinski definition) is 2. The number of anilines is 6. The molecule has 4 aliphatic rings. The van der Waals surface area contributed by atoms with Gasteiger partial charge < -0.3 is 9.80 Å². The van der Waals surface area contributed by atoms with Gasteiger partial charge >= 0.3 is 0 Å². The predicted molar refractivity (Wildman–Crippen MR) is 311 cm³/mol. The third-order valence-corrected chi connectivity index (χ3v) is 18.0. The summed E-state index contributed by atoms with van der Waals surface area (Å²) < 4.78 is 0. The zero-order valence-electron chi connectivity index (χ0n) is 47.6. The van der Waals surface area contributed by atoms with Crippen molar-refractivity contribution in [3.05, 3.63) is 148 Å². The summed E-state index contributed by atoms with van der Waals surface area (Å²) in [7, 11) is 0. The lowest BCUT2D eigenvalue weighted by molar-refractivity contribution is 0.332. The van der Waals surface area contributed by atoms with E-state index in [-0.39, 0.29) is 50.0 Å². The van der Waals surface area contributed by atoms with Crippen LogP contribution in [0.3, 0.4) is 0 Å². The number of nitrogens with zero attached hydrogens (tertiary/aromatic N) is 2. The summed E-state index contributed by atoms with van der Waals surface area (Å²) in [6, 6.07) is 42.6. The monoisotopic (exact) mass is 941 g/mol. The van der Waals surface area contributed by atoms with Crippen LogP contribution in [0.2, 0.25) is 0 Å². The predicted octanol–water partition coefficient (Wildman–Crippen LogP) is 17.3. The van der Waals surface area contributed by atoms with E-state index >= 15 is 0 Å². The topological polar surface area (TPSA) is 6.48 Å². The molecule has 0 N–H and O–H groups in total. The summed E-state index contributed by atoms with van der Waals surface area (Å²) in [6.45, 7) is 48.3. The van der Waals surface area contributed by atoms with Gasteiger partial charge in [-0.15, -0.1) is 0 Å². The standard InChI is InChI=1S/C68H85BN2/c1-61(2,3)43-22-21-23-47(35-43)70-56-37-45(63(7,8)9)25-28-53(56)69-54-40-51-52(68(19,20)33-32-67(51,17)18)41-57(54)71(59-39-46(64(10,11)12)38-58(70)60(59)69)55-29-26-44(62(4,5)6)36-48(55)42-24-27-49-50(34-42)66(15,16)31-30-65(49,13)14/h21-29,34-41H,30-33H2,1-20H3. The van der Waals surface area contributed by atoms with Crippen LogP contribution in [0.15, 0.2) is 103 Å². The van der Waals surface area contributed by atoms with Gasteiger partial charge in [-0.05, 0) is 184 Å². The van der Waals surface area contributed by atoms with Gasteiger partial charge in [0, 0.05) is 34.0 Å². The second-order valence-electron chi connectivity index (χ2n) is 29.3. The first kappa shape index (κ1) is 49.6. The molecular formula is C68H85BN2. The minimum Gasteiger partial charge on any atom is -0.311 e. The van der Waals surface area contributed by atoms with Crippen molar-refractivity contribution in [2.45, 2.75) is 207 Å². The average Bonchev–Trinajstić information content (AvgIpc) is 3.27. The lowest BCUT2D eigenvalue weighted by Gasteiger charge is -2.48. The average molecular weight is 941 g/mol. The van der Waals surface area contributed by atoms with Crippen molar-refractivity contribution in [2.24, 2.45) is 0 Å². The van der Waals surface area contributed by atoms with Crippen molar-refractivity contribution < 1.29 is 0 Å². The normalized spacial score (nSPS) is 18.6. The highest BCUT2D eigenvalue weighted by molar-refractivity contribution is 7.00. The zero-order valence-corrected chi connectivity index (χ0v) is 47.6. The third-order valence-electron chi connectivity index (χ3n) is 18.0. The maximum absolute atomic E-state index is 2.76. The number of benzene rings is 6. The molecule has 0 saturated heterocycles. The molecule has 0 aromatic heterocycles. The fraction of sp³-hybridized carbons (Fsp3) is 0.471. The van der Waals surface area contributed by atoms with Gasteiger partial charge in [0.2, 0.25) is 0 Å². The smallest absolute Gasteiger partial charge is 0.252 e. The Balaban J connectivity index is 1.37. The van der Waals surface area contributed by atoms with E-state index < -0.39 is 0 Å². The largest absolute Gasteiger partial charge is 0.311 e. The van der Waals surface area contributed by atoms with E-state index in [0.29, 0.717) is 0 Å². The van der Waals surface area contributed by atoms with Crippen LogP contribution in [0.4, 0.5) is 34.1 Å². The van der Waals surface area contributed by atoms with Gasteiger partial charge in [-0.3, -0.25) is 0 Å². The Hall–Kier alpha value is -5.02. The Kier molecular flexibility index (Phi) is 11.0. The zero-order chi connectivity index (χ0) is 51.6. The molecule has 0 amide bonds. The fourth-order valence-electron chi connectivity index (χ4n) is 12.8. The van der Waals surface area contributed by atoms with Gasteiger partial charge in [0.25, 0.3) is 6.71 Å². The van der Waals surface area contributed by atoms with E-state index in [0.717, 1.165) is 6.42 Å². The molecule has 0 bridgehead atoms. The summed E-state index contributed by atoms with van der Waals surface area (Å²) in [6.07, 6.45) is 4.72. The van der Waals surface area contributed by atoms with E-state index in [2.05, 4.69) is 251 Å². The van der Waals surface area contributed by atoms with Crippen molar-refractivity contribution in [3.8, 4) is 11.1 Å². The van der Waals surface area contributed by atoms with E-state index in [1.165, 1.54) is 125 Å². The fourth-order valence-corrected chi connectivity index (χ4v) is 12.8. The molecule has 71 heavy (non-hydrogen) atoms. The third kappa shape index (κ3) is 8.14. The van der Waals surface area contributed by atoms with Crippen molar-refractivity contribution in [1.29, 1.82) is 0 Å². The molecule has 0 unspecified atom stereocenters. The Morgan fingerprint density at radius 1 is 0.366 bits per heavy atom. The summed E-state index contributed by atoms with van der Waals surface area (Å²) in [5, 5.41) is 0. The molecule has 0 saturated carbocycles. The maximum Gasteiger partial charge on any atom is 0.252 e. The second kappa shape index (κ2) is 15.7.